The highest BCUT2D eigenvalue weighted by Gasteiger charge is 2.21. The summed E-state index contributed by atoms with van der Waals surface area (Å²) in [7, 11) is 0. The van der Waals surface area contributed by atoms with Crippen LogP contribution in [0.4, 0.5) is 8.78 Å². The molecule has 0 aliphatic heterocycles. The molecule has 0 aromatic heterocycles. The molecule has 0 N–H and O–H groups in total. The third-order valence-corrected chi connectivity index (χ3v) is 4.87. The fourth-order valence-electron chi connectivity index (χ4n) is 3.27. The first-order valence-electron chi connectivity index (χ1n) is 10.3. The maximum Gasteiger partial charge on any atom is 0.309 e. The van der Waals surface area contributed by atoms with Crippen molar-refractivity contribution in [1.29, 1.82) is 0 Å². The molecule has 0 unspecified atom stereocenters. The molecule has 1 atom stereocenters. The lowest BCUT2D eigenvalue weighted by molar-refractivity contribution is -0.149. The zero-order valence-electron chi connectivity index (χ0n) is 17.2. The van der Waals surface area contributed by atoms with E-state index in [4.69, 9.17) is 9.47 Å². The molecular formula is C24H30F2O3. The summed E-state index contributed by atoms with van der Waals surface area (Å²) < 4.78 is 38.0. The third kappa shape index (κ3) is 7.58. The van der Waals surface area contributed by atoms with Gasteiger partial charge in [-0.05, 0) is 55.2 Å². The van der Waals surface area contributed by atoms with Crippen molar-refractivity contribution in [3.05, 3.63) is 71.3 Å². The van der Waals surface area contributed by atoms with Gasteiger partial charge in [0, 0.05) is 6.61 Å². The molecule has 2 rings (SSSR count). The Morgan fingerprint density at radius 3 is 1.90 bits per heavy atom. The lowest BCUT2D eigenvalue weighted by atomic mass is 9.97. The van der Waals surface area contributed by atoms with E-state index in [1.54, 1.807) is 31.2 Å². The number of hydrogen-bond donors (Lipinski definition) is 0. The number of rotatable bonds is 12. The normalized spacial score (nSPS) is 12.2. The Balaban J connectivity index is 2.08. The van der Waals surface area contributed by atoms with E-state index in [1.807, 2.05) is 0 Å². The summed E-state index contributed by atoms with van der Waals surface area (Å²) in [6.45, 7) is 4.63. The second-order valence-corrected chi connectivity index (χ2v) is 7.09. The van der Waals surface area contributed by atoms with E-state index in [-0.39, 0.29) is 23.5 Å². The molecule has 2 aromatic rings. The second-order valence-electron chi connectivity index (χ2n) is 7.09. The van der Waals surface area contributed by atoms with Crippen LogP contribution in [0.15, 0.2) is 48.5 Å². The lowest BCUT2D eigenvalue weighted by Crippen LogP contribution is -2.20. The smallest absolute Gasteiger partial charge is 0.309 e. The molecule has 5 heteroatoms. The predicted molar refractivity (Wildman–Crippen MR) is 109 cm³/mol. The summed E-state index contributed by atoms with van der Waals surface area (Å²) in [4.78, 5) is 12.3. The maximum absolute atomic E-state index is 13.3. The van der Waals surface area contributed by atoms with E-state index < -0.39 is 6.10 Å². The number of carbonyl (C=O) groups excluding carboxylic acids is 1. The van der Waals surface area contributed by atoms with Crippen LogP contribution in [0.25, 0.3) is 0 Å². The average molecular weight is 404 g/mol. The van der Waals surface area contributed by atoms with Crippen LogP contribution in [0.1, 0.15) is 63.2 Å². The van der Waals surface area contributed by atoms with Gasteiger partial charge in [-0.1, -0.05) is 50.5 Å². The lowest BCUT2D eigenvalue weighted by Gasteiger charge is -2.21. The van der Waals surface area contributed by atoms with E-state index in [9.17, 15) is 13.6 Å². The summed E-state index contributed by atoms with van der Waals surface area (Å²) in [5.74, 6) is -1.05. The van der Waals surface area contributed by atoms with Crippen LogP contribution in [-0.2, 0) is 14.3 Å². The highest BCUT2D eigenvalue weighted by atomic mass is 19.1. The molecule has 0 saturated heterocycles. The van der Waals surface area contributed by atoms with Crippen LogP contribution >= 0.6 is 0 Å². The molecule has 0 heterocycles. The van der Waals surface area contributed by atoms with Gasteiger partial charge >= 0.3 is 5.97 Å². The van der Waals surface area contributed by atoms with Crippen LogP contribution in [-0.4, -0.2) is 19.2 Å². The molecule has 0 fully saturated rings. The molecule has 29 heavy (non-hydrogen) atoms. The average Bonchev–Trinajstić information content (AvgIpc) is 2.72. The monoisotopic (exact) mass is 404 g/mol. The molecule has 0 bridgehead atoms. The number of hydrogen-bond acceptors (Lipinski definition) is 3. The number of unbranched alkanes of at least 4 members (excludes halogenated alkanes) is 2. The summed E-state index contributed by atoms with van der Waals surface area (Å²) in [6.07, 6.45) is 3.98. The second kappa shape index (κ2) is 12.3. The number of esters is 1. The number of halogens is 2. The van der Waals surface area contributed by atoms with Crippen molar-refractivity contribution in [1.82, 2.24) is 0 Å². The maximum atomic E-state index is 13.3. The van der Waals surface area contributed by atoms with Gasteiger partial charge in [0.1, 0.15) is 17.7 Å². The SMILES string of the molecule is CCCCC[C@@H](CCOC(c1ccc(F)cc1)c1ccc(F)cc1)C(=O)OCC. The van der Waals surface area contributed by atoms with Gasteiger partial charge in [0.15, 0.2) is 0 Å². The minimum atomic E-state index is -0.463. The quantitative estimate of drug-likeness (QED) is 0.311. The summed E-state index contributed by atoms with van der Waals surface area (Å²) in [6, 6.07) is 12.1. The van der Waals surface area contributed by atoms with E-state index in [1.165, 1.54) is 24.3 Å². The molecule has 0 saturated carbocycles. The number of carbonyl (C=O) groups is 1. The zero-order valence-corrected chi connectivity index (χ0v) is 17.2. The Bertz CT molecular complexity index is 683. The Morgan fingerprint density at radius 2 is 1.41 bits per heavy atom. The van der Waals surface area contributed by atoms with Crippen LogP contribution in [0.3, 0.4) is 0 Å². The standard InChI is InChI=1S/C24H30F2O3/c1-3-5-6-7-20(24(27)28-4-2)16-17-29-23(18-8-12-21(25)13-9-18)19-10-14-22(26)15-11-19/h8-15,20,23H,3-7,16-17H2,1-2H3/t20-/m0/s1. The van der Waals surface area contributed by atoms with Gasteiger partial charge in [0.05, 0.1) is 12.5 Å². The Morgan fingerprint density at radius 1 is 0.862 bits per heavy atom. The van der Waals surface area contributed by atoms with Gasteiger partial charge in [-0.15, -0.1) is 0 Å². The van der Waals surface area contributed by atoms with Crippen molar-refractivity contribution in [3.63, 3.8) is 0 Å². The fraction of sp³-hybridized carbons (Fsp3) is 0.458. The summed E-state index contributed by atoms with van der Waals surface area (Å²) in [5, 5.41) is 0. The van der Waals surface area contributed by atoms with Crippen molar-refractivity contribution in [3.8, 4) is 0 Å². The highest BCUT2D eigenvalue weighted by molar-refractivity contribution is 5.72. The molecule has 158 valence electrons. The Labute approximate surface area is 172 Å². The first-order valence-corrected chi connectivity index (χ1v) is 10.3. The summed E-state index contributed by atoms with van der Waals surface area (Å²) >= 11 is 0. The van der Waals surface area contributed by atoms with Crippen LogP contribution in [0.5, 0.6) is 0 Å². The first kappa shape index (κ1) is 23.0. The Hall–Kier alpha value is -2.27. The summed E-state index contributed by atoms with van der Waals surface area (Å²) in [5.41, 5.74) is 1.55. The van der Waals surface area contributed by atoms with E-state index in [2.05, 4.69) is 6.92 Å². The number of benzene rings is 2. The highest BCUT2D eigenvalue weighted by Crippen LogP contribution is 2.28. The third-order valence-electron chi connectivity index (χ3n) is 4.87. The molecule has 0 radical (unpaired) electrons. The molecule has 0 amide bonds. The molecule has 0 aliphatic rings. The van der Waals surface area contributed by atoms with Crippen molar-refractivity contribution < 1.29 is 23.0 Å². The molecule has 2 aromatic carbocycles. The fourth-order valence-corrected chi connectivity index (χ4v) is 3.27. The van der Waals surface area contributed by atoms with Crippen molar-refractivity contribution >= 4 is 5.97 Å². The van der Waals surface area contributed by atoms with Crippen LogP contribution in [0, 0.1) is 17.6 Å². The topological polar surface area (TPSA) is 35.5 Å². The van der Waals surface area contributed by atoms with E-state index in [0.29, 0.717) is 19.6 Å². The minimum absolute atomic E-state index is 0.188. The van der Waals surface area contributed by atoms with Gasteiger partial charge in [-0.25, -0.2) is 8.78 Å². The minimum Gasteiger partial charge on any atom is -0.466 e. The van der Waals surface area contributed by atoms with E-state index >= 15 is 0 Å². The van der Waals surface area contributed by atoms with Gasteiger partial charge in [0.25, 0.3) is 0 Å². The van der Waals surface area contributed by atoms with Gasteiger partial charge in [-0.3, -0.25) is 4.79 Å². The first-order chi connectivity index (χ1) is 14.0. The van der Waals surface area contributed by atoms with Crippen molar-refractivity contribution in [2.75, 3.05) is 13.2 Å². The Kier molecular flexibility index (Phi) is 9.78. The molecular weight excluding hydrogens is 374 g/mol. The van der Waals surface area contributed by atoms with E-state index in [0.717, 1.165) is 36.8 Å². The zero-order chi connectivity index (χ0) is 21.1. The largest absolute Gasteiger partial charge is 0.466 e. The molecule has 0 aliphatic carbocycles. The predicted octanol–water partition coefficient (Wildman–Crippen LogP) is 6.22. The van der Waals surface area contributed by atoms with Gasteiger partial charge in [-0.2, -0.15) is 0 Å². The van der Waals surface area contributed by atoms with Crippen LogP contribution < -0.4 is 0 Å². The molecule has 3 nitrogen and oxygen atoms in total. The molecule has 0 spiro atoms. The van der Waals surface area contributed by atoms with Gasteiger partial charge in [0.2, 0.25) is 0 Å². The van der Waals surface area contributed by atoms with Gasteiger partial charge < -0.3 is 9.47 Å². The number of ether oxygens (including phenoxy) is 2. The van der Waals surface area contributed by atoms with Crippen molar-refractivity contribution in [2.24, 2.45) is 5.92 Å². The van der Waals surface area contributed by atoms with Crippen LogP contribution in [0.2, 0.25) is 0 Å². The van der Waals surface area contributed by atoms with Crippen molar-refractivity contribution in [2.45, 2.75) is 52.1 Å².